The maximum atomic E-state index is 4.45. The van der Waals surface area contributed by atoms with E-state index >= 15 is 0 Å². The zero-order valence-corrected chi connectivity index (χ0v) is 9.22. The van der Waals surface area contributed by atoms with Crippen LogP contribution in [0.4, 0.5) is 5.95 Å². The molecule has 1 aromatic carbocycles. The van der Waals surface area contributed by atoms with Gasteiger partial charge < -0.3 is 4.90 Å². The summed E-state index contributed by atoms with van der Waals surface area (Å²) in [5.41, 5.74) is 3.78. The number of fused-ring (bicyclic) bond motifs is 1. The van der Waals surface area contributed by atoms with E-state index in [1.165, 1.54) is 11.1 Å². The second kappa shape index (κ2) is 3.59. The van der Waals surface area contributed by atoms with Gasteiger partial charge in [-0.15, -0.1) is 0 Å². The monoisotopic (exact) mass is 211 g/mol. The standard InChI is InChI=1S/C13H13N3/c1-10-6-7-14-13(15-10)16-8-11-4-2-3-5-12(11)9-16/h2-7H,8-9H2,1H3. The highest BCUT2D eigenvalue weighted by Gasteiger charge is 2.20. The van der Waals surface area contributed by atoms with Crippen LogP contribution in [-0.4, -0.2) is 9.97 Å². The molecule has 0 fully saturated rings. The third-order valence-corrected chi connectivity index (χ3v) is 2.91. The Morgan fingerprint density at radius 3 is 2.38 bits per heavy atom. The second-order valence-corrected chi connectivity index (χ2v) is 4.12. The fraction of sp³-hybridized carbons (Fsp3) is 0.231. The number of anilines is 1. The highest BCUT2D eigenvalue weighted by molar-refractivity contribution is 5.43. The number of hydrogen-bond acceptors (Lipinski definition) is 3. The van der Waals surface area contributed by atoms with Crippen LogP contribution in [0.1, 0.15) is 16.8 Å². The van der Waals surface area contributed by atoms with Crippen LogP contribution in [-0.2, 0) is 13.1 Å². The Morgan fingerprint density at radius 2 is 1.75 bits per heavy atom. The molecule has 0 saturated heterocycles. The van der Waals surface area contributed by atoms with Crippen molar-refractivity contribution in [3.05, 3.63) is 53.3 Å². The van der Waals surface area contributed by atoms with Crippen molar-refractivity contribution < 1.29 is 0 Å². The topological polar surface area (TPSA) is 29.0 Å². The average molecular weight is 211 g/mol. The van der Waals surface area contributed by atoms with E-state index in [-0.39, 0.29) is 0 Å². The summed E-state index contributed by atoms with van der Waals surface area (Å²) in [6, 6.07) is 10.4. The van der Waals surface area contributed by atoms with Crippen LogP contribution in [0.5, 0.6) is 0 Å². The van der Waals surface area contributed by atoms with E-state index in [2.05, 4.69) is 39.1 Å². The molecule has 2 aromatic rings. The molecule has 1 aliphatic rings. The normalized spacial score (nSPS) is 13.9. The van der Waals surface area contributed by atoms with E-state index in [1.54, 1.807) is 0 Å². The SMILES string of the molecule is Cc1ccnc(N2Cc3ccccc3C2)n1. The van der Waals surface area contributed by atoms with Gasteiger partial charge in [-0.05, 0) is 24.1 Å². The van der Waals surface area contributed by atoms with Gasteiger partial charge in [0.15, 0.2) is 0 Å². The Kier molecular flexibility index (Phi) is 2.10. The quantitative estimate of drug-likeness (QED) is 0.724. The lowest BCUT2D eigenvalue weighted by Crippen LogP contribution is -2.17. The number of benzene rings is 1. The van der Waals surface area contributed by atoms with Crippen molar-refractivity contribution in [3.63, 3.8) is 0 Å². The minimum Gasteiger partial charge on any atom is -0.332 e. The zero-order valence-electron chi connectivity index (χ0n) is 9.22. The third-order valence-electron chi connectivity index (χ3n) is 2.91. The lowest BCUT2D eigenvalue weighted by atomic mass is 10.1. The highest BCUT2D eigenvalue weighted by Crippen LogP contribution is 2.25. The Balaban J connectivity index is 1.91. The number of nitrogens with zero attached hydrogens (tertiary/aromatic N) is 3. The van der Waals surface area contributed by atoms with E-state index in [9.17, 15) is 0 Å². The largest absolute Gasteiger partial charge is 0.332 e. The third kappa shape index (κ3) is 1.54. The van der Waals surface area contributed by atoms with Gasteiger partial charge in [0, 0.05) is 25.0 Å². The average Bonchev–Trinajstić information content (AvgIpc) is 2.72. The molecule has 0 saturated carbocycles. The minimum absolute atomic E-state index is 0.830. The van der Waals surface area contributed by atoms with Crippen molar-refractivity contribution in [1.82, 2.24) is 9.97 Å². The molecule has 0 amide bonds. The number of hydrogen-bond donors (Lipinski definition) is 0. The van der Waals surface area contributed by atoms with Crippen LogP contribution in [0.25, 0.3) is 0 Å². The molecule has 0 unspecified atom stereocenters. The summed E-state index contributed by atoms with van der Waals surface area (Å²) in [7, 11) is 0. The molecule has 2 heterocycles. The van der Waals surface area contributed by atoms with Crippen LogP contribution in [0.3, 0.4) is 0 Å². The lowest BCUT2D eigenvalue weighted by molar-refractivity contribution is 0.822. The van der Waals surface area contributed by atoms with Gasteiger partial charge in [0.05, 0.1) is 0 Å². The molecule has 3 nitrogen and oxygen atoms in total. The van der Waals surface area contributed by atoms with Crippen molar-refractivity contribution in [2.45, 2.75) is 20.0 Å². The first-order valence-corrected chi connectivity index (χ1v) is 5.44. The van der Waals surface area contributed by atoms with Crippen LogP contribution in [0.15, 0.2) is 36.5 Å². The Hall–Kier alpha value is -1.90. The molecule has 0 N–H and O–H groups in total. The van der Waals surface area contributed by atoms with Gasteiger partial charge in [-0.25, -0.2) is 9.97 Å². The number of aryl methyl sites for hydroxylation is 1. The van der Waals surface area contributed by atoms with Crippen LogP contribution in [0.2, 0.25) is 0 Å². The van der Waals surface area contributed by atoms with Gasteiger partial charge in [0.25, 0.3) is 0 Å². The van der Waals surface area contributed by atoms with Crippen molar-refractivity contribution in [2.24, 2.45) is 0 Å². The molecule has 0 bridgehead atoms. The number of aromatic nitrogens is 2. The van der Waals surface area contributed by atoms with Crippen molar-refractivity contribution in [3.8, 4) is 0 Å². The first-order valence-electron chi connectivity index (χ1n) is 5.44. The first kappa shape index (κ1) is 9.33. The van der Waals surface area contributed by atoms with Gasteiger partial charge in [-0.2, -0.15) is 0 Å². The highest BCUT2D eigenvalue weighted by atomic mass is 15.3. The Labute approximate surface area is 94.8 Å². The predicted molar refractivity (Wildman–Crippen MR) is 63.1 cm³/mol. The van der Waals surface area contributed by atoms with Crippen LogP contribution >= 0.6 is 0 Å². The lowest BCUT2D eigenvalue weighted by Gasteiger charge is -2.14. The van der Waals surface area contributed by atoms with Gasteiger partial charge in [0.1, 0.15) is 0 Å². The molecular formula is C13H13N3. The van der Waals surface area contributed by atoms with Gasteiger partial charge >= 0.3 is 0 Å². The molecule has 80 valence electrons. The first-order chi connectivity index (χ1) is 7.83. The molecule has 0 spiro atoms. The van der Waals surface area contributed by atoms with Crippen LogP contribution in [0, 0.1) is 6.92 Å². The summed E-state index contributed by atoms with van der Waals surface area (Å²) in [6.45, 7) is 3.83. The summed E-state index contributed by atoms with van der Waals surface area (Å²) >= 11 is 0. The summed E-state index contributed by atoms with van der Waals surface area (Å²) in [5, 5.41) is 0. The maximum Gasteiger partial charge on any atom is 0.226 e. The smallest absolute Gasteiger partial charge is 0.226 e. The molecular weight excluding hydrogens is 198 g/mol. The molecule has 0 aliphatic carbocycles. The maximum absolute atomic E-state index is 4.45. The van der Waals surface area contributed by atoms with Crippen molar-refractivity contribution in [2.75, 3.05) is 4.90 Å². The zero-order chi connectivity index (χ0) is 11.0. The van der Waals surface area contributed by atoms with Crippen molar-refractivity contribution in [1.29, 1.82) is 0 Å². The Bertz CT molecular complexity index is 497. The molecule has 3 rings (SSSR count). The van der Waals surface area contributed by atoms with Crippen molar-refractivity contribution >= 4 is 5.95 Å². The van der Waals surface area contributed by atoms with Gasteiger partial charge in [-0.3, -0.25) is 0 Å². The van der Waals surface area contributed by atoms with Gasteiger partial charge in [-0.1, -0.05) is 24.3 Å². The molecule has 1 aromatic heterocycles. The van der Waals surface area contributed by atoms with Crippen LogP contribution < -0.4 is 4.90 Å². The number of rotatable bonds is 1. The Morgan fingerprint density at radius 1 is 1.06 bits per heavy atom. The molecule has 3 heteroatoms. The van der Waals surface area contributed by atoms with E-state index < -0.39 is 0 Å². The van der Waals surface area contributed by atoms with E-state index in [0.29, 0.717) is 0 Å². The molecule has 16 heavy (non-hydrogen) atoms. The minimum atomic E-state index is 0.830. The van der Waals surface area contributed by atoms with E-state index in [1.807, 2.05) is 19.2 Å². The van der Waals surface area contributed by atoms with E-state index in [0.717, 1.165) is 24.7 Å². The molecule has 0 atom stereocenters. The summed E-state index contributed by atoms with van der Waals surface area (Å²) in [6.07, 6.45) is 1.82. The fourth-order valence-electron chi connectivity index (χ4n) is 2.06. The summed E-state index contributed by atoms with van der Waals surface area (Å²) in [4.78, 5) is 11.0. The summed E-state index contributed by atoms with van der Waals surface area (Å²) < 4.78 is 0. The molecule has 1 aliphatic heterocycles. The summed E-state index contributed by atoms with van der Waals surface area (Å²) in [5.74, 6) is 0.830. The second-order valence-electron chi connectivity index (χ2n) is 4.12. The predicted octanol–water partition coefficient (Wildman–Crippen LogP) is 2.31. The fourth-order valence-corrected chi connectivity index (χ4v) is 2.06. The molecule has 0 radical (unpaired) electrons. The van der Waals surface area contributed by atoms with Gasteiger partial charge in [0.2, 0.25) is 5.95 Å². The van der Waals surface area contributed by atoms with E-state index in [4.69, 9.17) is 0 Å².